The zero-order valence-corrected chi connectivity index (χ0v) is 13.7. The topological polar surface area (TPSA) is 27.1 Å². The minimum atomic E-state index is -0.169. The van der Waals surface area contributed by atoms with Crippen LogP contribution in [0.5, 0.6) is 0 Å². The lowest BCUT2D eigenvalue weighted by Crippen LogP contribution is -2.31. The molecule has 1 aliphatic rings. The van der Waals surface area contributed by atoms with Crippen molar-refractivity contribution in [3.8, 4) is 0 Å². The molecule has 2 heterocycles. The summed E-state index contributed by atoms with van der Waals surface area (Å²) < 4.78 is 10.1. The van der Waals surface area contributed by atoms with Crippen molar-refractivity contribution in [1.82, 2.24) is 9.78 Å². The second-order valence-electron chi connectivity index (χ2n) is 5.43. The Balaban J connectivity index is 2.34. The minimum Gasteiger partial charge on any atom is -0.367 e. The van der Waals surface area contributed by atoms with E-state index in [-0.39, 0.29) is 11.2 Å². The monoisotopic (exact) mass is 398 g/mol. The smallest absolute Gasteiger partial charge is 0.137 e. The number of ether oxygens (including phenoxy) is 1. The molecular weight excluding hydrogens is 383 g/mol. The molecule has 1 saturated heterocycles. The number of hydrogen-bond acceptors (Lipinski definition) is 2. The van der Waals surface area contributed by atoms with Gasteiger partial charge in [-0.2, -0.15) is 5.10 Å². The maximum absolute atomic E-state index is 6.07. The molecule has 0 aliphatic carbocycles. The van der Waals surface area contributed by atoms with Crippen molar-refractivity contribution in [2.24, 2.45) is 0 Å². The summed E-state index contributed by atoms with van der Waals surface area (Å²) in [5.74, 6) is 0. The van der Waals surface area contributed by atoms with Crippen LogP contribution in [0.15, 0.2) is 10.7 Å². The second-order valence-corrected chi connectivity index (χ2v) is 7.31. The predicted octanol–water partition coefficient (Wildman–Crippen LogP) is 3.77. The van der Waals surface area contributed by atoms with Crippen LogP contribution in [0.1, 0.15) is 40.2 Å². The van der Waals surface area contributed by atoms with E-state index in [9.17, 15) is 0 Å². The van der Waals surface area contributed by atoms with Gasteiger partial charge in [0, 0.05) is 12.6 Å². The van der Waals surface area contributed by atoms with Gasteiger partial charge in [-0.25, -0.2) is 0 Å². The Kier molecular flexibility index (Phi) is 3.17. The van der Waals surface area contributed by atoms with Crippen LogP contribution >= 0.6 is 38.5 Å². The zero-order valence-electron chi connectivity index (χ0n) is 9.92. The van der Waals surface area contributed by atoms with E-state index in [1.165, 1.54) is 0 Å². The molecule has 3 nitrogen and oxygen atoms in total. The Bertz CT molecular complexity index is 395. The third-order valence-corrected chi connectivity index (χ3v) is 5.11. The van der Waals surface area contributed by atoms with Crippen LogP contribution in [0.2, 0.25) is 0 Å². The third kappa shape index (κ3) is 2.31. The molecule has 90 valence electrons. The standard InChI is InChI=1S/C11H16BrIN2O/c1-10(2)5-8(11(3,4)16-10)15-6-7(12)9(13)14-15/h6,8H,5H2,1-4H3. The summed E-state index contributed by atoms with van der Waals surface area (Å²) in [6.45, 7) is 8.54. The van der Waals surface area contributed by atoms with Crippen LogP contribution in [0.4, 0.5) is 0 Å². The Morgan fingerprint density at radius 3 is 2.50 bits per heavy atom. The molecule has 1 aromatic rings. The normalized spacial score (nSPS) is 27.2. The lowest BCUT2D eigenvalue weighted by molar-refractivity contribution is -0.0737. The highest BCUT2D eigenvalue weighted by Crippen LogP contribution is 2.44. The van der Waals surface area contributed by atoms with Crippen molar-refractivity contribution >= 4 is 38.5 Å². The third-order valence-electron chi connectivity index (χ3n) is 2.99. The van der Waals surface area contributed by atoms with Crippen LogP contribution in [0.25, 0.3) is 0 Å². The summed E-state index contributed by atoms with van der Waals surface area (Å²) in [6, 6.07) is 0.294. The Labute approximate surface area is 118 Å². The van der Waals surface area contributed by atoms with Crippen LogP contribution in [-0.2, 0) is 4.74 Å². The molecule has 2 rings (SSSR count). The molecule has 16 heavy (non-hydrogen) atoms. The van der Waals surface area contributed by atoms with Crippen LogP contribution < -0.4 is 0 Å². The van der Waals surface area contributed by atoms with E-state index >= 15 is 0 Å². The highest BCUT2D eigenvalue weighted by Gasteiger charge is 2.47. The van der Waals surface area contributed by atoms with E-state index in [0.29, 0.717) is 6.04 Å². The zero-order chi connectivity index (χ0) is 12.1. The molecule has 0 radical (unpaired) electrons. The highest BCUT2D eigenvalue weighted by molar-refractivity contribution is 14.1. The molecule has 0 amide bonds. The van der Waals surface area contributed by atoms with Gasteiger partial charge in [0.15, 0.2) is 0 Å². The summed E-state index contributed by atoms with van der Waals surface area (Å²) in [5.41, 5.74) is -0.240. The van der Waals surface area contributed by atoms with Gasteiger partial charge in [0.2, 0.25) is 0 Å². The molecule has 0 N–H and O–H groups in total. The molecular formula is C11H16BrIN2O. The lowest BCUT2D eigenvalue weighted by atomic mass is 9.95. The van der Waals surface area contributed by atoms with Gasteiger partial charge < -0.3 is 4.74 Å². The molecule has 1 aliphatic heterocycles. The molecule has 1 atom stereocenters. The second kappa shape index (κ2) is 3.95. The Morgan fingerprint density at radius 2 is 2.12 bits per heavy atom. The first kappa shape index (κ1) is 12.8. The molecule has 0 bridgehead atoms. The number of rotatable bonds is 1. The van der Waals surface area contributed by atoms with Crippen molar-refractivity contribution in [2.45, 2.75) is 51.4 Å². The largest absolute Gasteiger partial charge is 0.367 e. The van der Waals surface area contributed by atoms with E-state index < -0.39 is 0 Å². The van der Waals surface area contributed by atoms with Crippen molar-refractivity contribution < 1.29 is 4.74 Å². The number of nitrogens with zero attached hydrogens (tertiary/aromatic N) is 2. The fraction of sp³-hybridized carbons (Fsp3) is 0.727. The average Bonchev–Trinajstić information content (AvgIpc) is 2.50. The van der Waals surface area contributed by atoms with E-state index in [0.717, 1.165) is 14.6 Å². The summed E-state index contributed by atoms with van der Waals surface area (Å²) in [5, 5.41) is 4.53. The van der Waals surface area contributed by atoms with Crippen molar-refractivity contribution in [3.05, 3.63) is 14.4 Å². The molecule has 1 unspecified atom stereocenters. The predicted molar refractivity (Wildman–Crippen MR) is 75.5 cm³/mol. The van der Waals surface area contributed by atoms with Gasteiger partial charge in [-0.1, -0.05) is 0 Å². The van der Waals surface area contributed by atoms with Gasteiger partial charge in [-0.15, -0.1) is 0 Å². The minimum absolute atomic E-state index is 0.0714. The molecule has 0 aromatic carbocycles. The van der Waals surface area contributed by atoms with Gasteiger partial charge in [0.25, 0.3) is 0 Å². The fourth-order valence-electron chi connectivity index (χ4n) is 2.45. The van der Waals surface area contributed by atoms with Crippen molar-refractivity contribution in [3.63, 3.8) is 0 Å². The Hall–Kier alpha value is 0.380. The SMILES string of the molecule is CC1(C)CC(n2cc(Br)c(I)n2)C(C)(C)O1. The van der Waals surface area contributed by atoms with Crippen molar-refractivity contribution in [1.29, 1.82) is 0 Å². The maximum Gasteiger partial charge on any atom is 0.137 e. The quantitative estimate of drug-likeness (QED) is 0.673. The Morgan fingerprint density at radius 1 is 1.50 bits per heavy atom. The molecule has 1 aromatic heterocycles. The van der Waals surface area contributed by atoms with Gasteiger partial charge >= 0.3 is 0 Å². The van der Waals surface area contributed by atoms with Crippen LogP contribution in [-0.4, -0.2) is 21.0 Å². The molecule has 0 saturated carbocycles. The van der Waals surface area contributed by atoms with Crippen molar-refractivity contribution in [2.75, 3.05) is 0 Å². The van der Waals surface area contributed by atoms with Crippen LogP contribution in [0.3, 0.4) is 0 Å². The first-order chi connectivity index (χ1) is 7.21. The van der Waals surface area contributed by atoms with Crippen LogP contribution in [0, 0.1) is 3.70 Å². The summed E-state index contributed by atoms with van der Waals surface area (Å²) >= 11 is 5.73. The molecule has 5 heteroatoms. The van der Waals surface area contributed by atoms with E-state index in [2.05, 4.69) is 71.3 Å². The van der Waals surface area contributed by atoms with E-state index in [1.807, 2.05) is 10.9 Å². The summed E-state index contributed by atoms with van der Waals surface area (Å²) in [4.78, 5) is 0. The average molecular weight is 399 g/mol. The summed E-state index contributed by atoms with van der Waals surface area (Å²) in [7, 11) is 0. The number of aromatic nitrogens is 2. The first-order valence-electron chi connectivity index (χ1n) is 5.32. The number of hydrogen-bond donors (Lipinski definition) is 0. The highest BCUT2D eigenvalue weighted by atomic mass is 127. The molecule has 0 spiro atoms. The first-order valence-corrected chi connectivity index (χ1v) is 7.19. The van der Waals surface area contributed by atoms with E-state index in [1.54, 1.807) is 0 Å². The van der Waals surface area contributed by atoms with Gasteiger partial charge in [-0.05, 0) is 66.2 Å². The maximum atomic E-state index is 6.07. The van der Waals surface area contributed by atoms with Gasteiger partial charge in [0.1, 0.15) is 3.70 Å². The summed E-state index contributed by atoms with van der Waals surface area (Å²) in [6.07, 6.45) is 3.03. The number of halogens is 2. The van der Waals surface area contributed by atoms with Gasteiger partial charge in [-0.3, -0.25) is 4.68 Å². The molecule has 1 fully saturated rings. The van der Waals surface area contributed by atoms with E-state index in [4.69, 9.17) is 4.74 Å². The fourth-order valence-corrected chi connectivity index (χ4v) is 3.13. The lowest BCUT2D eigenvalue weighted by Gasteiger charge is -2.27. The van der Waals surface area contributed by atoms with Gasteiger partial charge in [0.05, 0.1) is 21.7 Å².